The van der Waals surface area contributed by atoms with Gasteiger partial charge >= 0.3 is 5.97 Å². The van der Waals surface area contributed by atoms with E-state index in [2.05, 4.69) is 22.9 Å². The first kappa shape index (κ1) is 43.3. The number of aryl methyl sites for hydroxylation is 1. The molecule has 8 N–H and O–H groups in total. The number of unbranched alkanes of at least 4 members (excludes halogenated alkanes) is 5. The topological polar surface area (TPSA) is 215 Å². The van der Waals surface area contributed by atoms with Crippen LogP contribution in [0.4, 0.5) is 0 Å². The molecule has 0 aliphatic carbocycles. The fourth-order valence-electron chi connectivity index (χ4n) is 6.53. The average Bonchev–Trinajstić information content (AvgIpc) is 3.19. The number of nitrogens with one attached hydrogen (secondary N) is 3. The molecule has 1 aliphatic rings. The summed E-state index contributed by atoms with van der Waals surface area (Å²) in [6.45, 7) is 3.98. The van der Waals surface area contributed by atoms with Gasteiger partial charge in [0.2, 0.25) is 17.7 Å². The number of nitrogens with two attached hydrogens (primary N) is 2. The molecular formula is C42H56N6O8. The van der Waals surface area contributed by atoms with E-state index in [1.807, 2.05) is 12.1 Å². The minimum atomic E-state index is -1.33. The van der Waals surface area contributed by atoms with Crippen molar-refractivity contribution in [1.29, 1.82) is 0 Å². The van der Waals surface area contributed by atoms with Gasteiger partial charge in [-0.2, -0.15) is 0 Å². The number of aliphatic carboxylic acids is 1. The van der Waals surface area contributed by atoms with Crippen molar-refractivity contribution in [2.75, 3.05) is 39.9 Å². The maximum absolute atomic E-state index is 14.1. The minimum Gasteiger partial charge on any atom is -0.492 e. The van der Waals surface area contributed by atoms with Gasteiger partial charge in [0.25, 0.3) is 5.91 Å². The third kappa shape index (κ3) is 12.0. The number of fused-ring (bicyclic) bond motifs is 5. The number of ether oxygens (including phenoxy) is 2. The van der Waals surface area contributed by atoms with Crippen molar-refractivity contribution in [3.8, 4) is 22.6 Å². The molecule has 1 heterocycles. The molecule has 3 aromatic carbocycles. The number of rotatable bonds is 18. The number of amides is 4. The first-order chi connectivity index (χ1) is 27.0. The lowest BCUT2D eigenvalue weighted by Gasteiger charge is -2.30. The summed E-state index contributed by atoms with van der Waals surface area (Å²) in [6.07, 6.45) is 8.03. The van der Waals surface area contributed by atoms with Crippen LogP contribution in [0.3, 0.4) is 0 Å². The molecule has 4 rings (SSSR count). The van der Waals surface area contributed by atoms with Crippen molar-refractivity contribution in [2.24, 2.45) is 11.5 Å². The number of hydrogen-bond donors (Lipinski definition) is 6. The SMILES string of the molecule is CCCCCCCCc1ccc(C(=O)NCC(=O)N(C)C2C(=O)N[C@@H](C)C(=O)NC(C(=O)O)Cc3ccc(OCCN)c(c3)-c3cc2ccc3OCCN)cc1. The van der Waals surface area contributed by atoms with Crippen LogP contribution >= 0.6 is 0 Å². The van der Waals surface area contributed by atoms with E-state index in [9.17, 15) is 29.1 Å². The summed E-state index contributed by atoms with van der Waals surface area (Å²) in [5.41, 5.74) is 15.0. The van der Waals surface area contributed by atoms with Crippen molar-refractivity contribution < 1.29 is 38.6 Å². The van der Waals surface area contributed by atoms with Gasteiger partial charge in [0.1, 0.15) is 42.8 Å². The molecule has 56 heavy (non-hydrogen) atoms. The zero-order valence-corrected chi connectivity index (χ0v) is 32.6. The lowest BCUT2D eigenvalue weighted by Crippen LogP contribution is -2.53. The molecule has 0 fully saturated rings. The molecule has 14 nitrogen and oxygen atoms in total. The molecule has 0 aromatic heterocycles. The number of nitrogens with zero attached hydrogens (tertiary/aromatic N) is 1. The maximum Gasteiger partial charge on any atom is 0.326 e. The number of hydrogen-bond acceptors (Lipinski definition) is 9. The molecule has 14 heteroatoms. The summed E-state index contributed by atoms with van der Waals surface area (Å²) in [5.74, 6) is -2.92. The lowest BCUT2D eigenvalue weighted by molar-refractivity contribution is -0.142. The quantitative estimate of drug-likeness (QED) is 0.104. The first-order valence-electron chi connectivity index (χ1n) is 19.4. The zero-order chi connectivity index (χ0) is 40.6. The molecule has 0 saturated carbocycles. The van der Waals surface area contributed by atoms with Gasteiger partial charge in [0.05, 0.1) is 6.54 Å². The predicted molar refractivity (Wildman–Crippen MR) is 213 cm³/mol. The Morgan fingerprint density at radius 1 is 0.839 bits per heavy atom. The van der Waals surface area contributed by atoms with Gasteiger partial charge < -0.3 is 46.9 Å². The fraction of sp³-hybridized carbons (Fsp3) is 0.452. The van der Waals surface area contributed by atoms with E-state index < -0.39 is 54.3 Å². The Balaban J connectivity index is 1.65. The van der Waals surface area contributed by atoms with E-state index in [0.29, 0.717) is 39.3 Å². The van der Waals surface area contributed by atoms with Crippen LogP contribution in [-0.4, -0.2) is 91.6 Å². The van der Waals surface area contributed by atoms with Crippen LogP contribution in [0.25, 0.3) is 11.1 Å². The average molecular weight is 773 g/mol. The van der Waals surface area contributed by atoms with Crippen molar-refractivity contribution in [1.82, 2.24) is 20.9 Å². The molecule has 0 radical (unpaired) electrons. The standard InChI is InChI=1S/C42H56N6O8/c1-4-5-6-7-8-9-10-28-11-14-30(15-12-28)40(51)45-26-37(49)48(3)38-31-16-18-36(56-22-20-44)33(25-31)32-23-29(13-17-35(32)55-21-19-43)24-34(42(53)54)47-39(50)27(2)46-41(38)52/h11-18,23,25,27,34,38H,4-10,19-22,24,26,43-44H2,1-3H3,(H,45,51)(H,46,52)(H,47,50)(H,53,54)/t27-,34?,38?/m0/s1. The van der Waals surface area contributed by atoms with Gasteiger partial charge in [0.15, 0.2) is 0 Å². The molecule has 3 aromatic rings. The second kappa shape index (κ2) is 21.6. The lowest BCUT2D eigenvalue weighted by atomic mass is 9.93. The Kier molecular flexibility index (Phi) is 16.7. The monoisotopic (exact) mass is 772 g/mol. The Morgan fingerprint density at radius 2 is 1.46 bits per heavy atom. The van der Waals surface area contributed by atoms with Gasteiger partial charge in [-0.05, 0) is 72.9 Å². The number of carbonyl (C=O) groups is 5. The molecule has 0 spiro atoms. The van der Waals surface area contributed by atoms with Gasteiger partial charge in [-0.25, -0.2) is 4.79 Å². The van der Waals surface area contributed by atoms with Crippen LogP contribution in [0.1, 0.15) is 85.5 Å². The summed E-state index contributed by atoms with van der Waals surface area (Å²) < 4.78 is 12.0. The van der Waals surface area contributed by atoms with Crippen LogP contribution in [0, 0.1) is 0 Å². The van der Waals surface area contributed by atoms with Crippen LogP contribution in [0.2, 0.25) is 0 Å². The van der Waals surface area contributed by atoms with Crippen molar-refractivity contribution in [2.45, 2.75) is 83.3 Å². The summed E-state index contributed by atoms with van der Waals surface area (Å²) in [5, 5.41) is 17.9. The van der Waals surface area contributed by atoms with Gasteiger partial charge in [-0.15, -0.1) is 0 Å². The zero-order valence-electron chi connectivity index (χ0n) is 32.6. The van der Waals surface area contributed by atoms with Crippen molar-refractivity contribution in [3.05, 3.63) is 82.9 Å². The second-order valence-electron chi connectivity index (χ2n) is 14.0. The Bertz CT molecular complexity index is 1820. The maximum atomic E-state index is 14.1. The van der Waals surface area contributed by atoms with Crippen LogP contribution < -0.4 is 36.9 Å². The van der Waals surface area contributed by atoms with Crippen molar-refractivity contribution >= 4 is 29.6 Å². The van der Waals surface area contributed by atoms with Gasteiger partial charge in [-0.3, -0.25) is 19.2 Å². The van der Waals surface area contributed by atoms with Crippen molar-refractivity contribution in [3.63, 3.8) is 0 Å². The summed E-state index contributed by atoms with van der Waals surface area (Å²) in [4.78, 5) is 67.7. The van der Waals surface area contributed by atoms with E-state index >= 15 is 0 Å². The van der Waals surface area contributed by atoms with E-state index in [4.69, 9.17) is 20.9 Å². The number of benzene rings is 3. The Labute approximate surface area is 328 Å². The largest absolute Gasteiger partial charge is 0.492 e. The number of likely N-dealkylation sites (N-methyl/N-ethyl adjacent to an activating group) is 1. The molecule has 1 aliphatic heterocycles. The van der Waals surface area contributed by atoms with E-state index in [1.165, 1.54) is 51.0 Å². The highest BCUT2D eigenvalue weighted by Gasteiger charge is 2.33. The molecule has 302 valence electrons. The number of carboxylic acid groups (broad SMARTS) is 1. The van der Waals surface area contributed by atoms with E-state index in [1.54, 1.807) is 48.5 Å². The predicted octanol–water partition coefficient (Wildman–Crippen LogP) is 3.49. The van der Waals surface area contributed by atoms with E-state index in [0.717, 1.165) is 18.4 Å². The Morgan fingerprint density at radius 3 is 2.11 bits per heavy atom. The third-order valence-electron chi connectivity index (χ3n) is 9.68. The van der Waals surface area contributed by atoms with Gasteiger partial charge in [0, 0.05) is 43.2 Å². The first-order valence-corrected chi connectivity index (χ1v) is 19.4. The van der Waals surface area contributed by atoms with Crippen LogP contribution in [0.15, 0.2) is 60.7 Å². The molecule has 2 unspecified atom stereocenters. The van der Waals surface area contributed by atoms with Crippen LogP contribution in [0.5, 0.6) is 11.5 Å². The normalized spacial score (nSPS) is 16.8. The van der Waals surface area contributed by atoms with Gasteiger partial charge in [-0.1, -0.05) is 63.3 Å². The third-order valence-corrected chi connectivity index (χ3v) is 9.68. The molecule has 4 bridgehead atoms. The summed E-state index contributed by atoms with van der Waals surface area (Å²) >= 11 is 0. The smallest absolute Gasteiger partial charge is 0.326 e. The summed E-state index contributed by atoms with van der Waals surface area (Å²) in [6, 6.07) is 13.6. The highest BCUT2D eigenvalue weighted by atomic mass is 16.5. The second-order valence-corrected chi connectivity index (χ2v) is 14.0. The minimum absolute atomic E-state index is 0.0699. The fourth-order valence-corrected chi connectivity index (χ4v) is 6.53. The molecular weight excluding hydrogens is 716 g/mol. The molecule has 4 amide bonds. The number of carboxylic acids is 1. The Hall–Kier alpha value is -5.47. The molecule has 3 atom stereocenters. The number of carbonyl (C=O) groups excluding carboxylic acids is 4. The van der Waals surface area contributed by atoms with Crippen LogP contribution in [-0.2, 0) is 32.0 Å². The molecule has 0 saturated heterocycles. The van der Waals surface area contributed by atoms with E-state index in [-0.39, 0.29) is 32.7 Å². The highest BCUT2D eigenvalue weighted by Crippen LogP contribution is 2.40. The summed E-state index contributed by atoms with van der Waals surface area (Å²) in [7, 11) is 1.43. The highest BCUT2D eigenvalue weighted by molar-refractivity contribution is 5.98.